The molecule has 0 N–H and O–H groups in total. The third-order valence-corrected chi connectivity index (χ3v) is 5.47. The first kappa shape index (κ1) is 20.0. The summed E-state index contributed by atoms with van der Waals surface area (Å²) in [6.45, 7) is 6.32. The van der Waals surface area contributed by atoms with Crippen LogP contribution >= 0.6 is 0 Å². The van der Waals surface area contributed by atoms with Gasteiger partial charge in [-0.3, -0.25) is 9.10 Å². The standard InChI is InChI=1S/C20H26N2O3S/c1-5-21(18-12-7-6-8-13-18)19(23)14-15-22(26(4,24)25)20-16(2)10-9-11-17(20)3/h6-13H,5,14-15H2,1-4H3. The Bertz CT molecular complexity index is 844. The molecule has 0 aliphatic heterocycles. The Labute approximate surface area is 156 Å². The molecule has 6 heteroatoms. The molecule has 2 rings (SSSR count). The number of para-hydroxylation sites is 2. The van der Waals surface area contributed by atoms with Crippen molar-refractivity contribution in [3.8, 4) is 0 Å². The largest absolute Gasteiger partial charge is 0.313 e. The van der Waals surface area contributed by atoms with Crippen LogP contribution in [0.2, 0.25) is 0 Å². The molecule has 0 radical (unpaired) electrons. The van der Waals surface area contributed by atoms with Crippen LogP contribution in [-0.2, 0) is 14.8 Å². The number of carbonyl (C=O) groups excluding carboxylic acids is 1. The summed E-state index contributed by atoms with van der Waals surface area (Å²) in [5.41, 5.74) is 3.22. The number of anilines is 2. The van der Waals surface area contributed by atoms with Crippen molar-refractivity contribution in [2.75, 3.05) is 28.6 Å². The van der Waals surface area contributed by atoms with E-state index in [0.717, 1.165) is 16.8 Å². The number of aryl methyl sites for hydroxylation is 2. The van der Waals surface area contributed by atoms with E-state index in [1.165, 1.54) is 10.6 Å². The molecule has 0 saturated carbocycles. The molecule has 5 nitrogen and oxygen atoms in total. The SMILES string of the molecule is CCN(C(=O)CCN(c1c(C)cccc1C)S(C)(=O)=O)c1ccccc1. The van der Waals surface area contributed by atoms with E-state index < -0.39 is 10.0 Å². The Balaban J connectivity index is 2.24. The van der Waals surface area contributed by atoms with Gasteiger partial charge in [0.15, 0.2) is 0 Å². The third-order valence-electron chi connectivity index (χ3n) is 4.30. The van der Waals surface area contributed by atoms with Gasteiger partial charge >= 0.3 is 0 Å². The summed E-state index contributed by atoms with van der Waals surface area (Å²) >= 11 is 0. The number of benzene rings is 2. The van der Waals surface area contributed by atoms with Gasteiger partial charge in [-0.2, -0.15) is 0 Å². The lowest BCUT2D eigenvalue weighted by atomic mass is 10.1. The number of nitrogens with zero attached hydrogens (tertiary/aromatic N) is 2. The van der Waals surface area contributed by atoms with Gasteiger partial charge in [-0.05, 0) is 44.0 Å². The third kappa shape index (κ3) is 4.64. The molecule has 1 amide bonds. The number of hydrogen-bond acceptors (Lipinski definition) is 3. The molecular formula is C20H26N2O3S. The first-order valence-electron chi connectivity index (χ1n) is 8.65. The Morgan fingerprint density at radius 2 is 1.54 bits per heavy atom. The lowest BCUT2D eigenvalue weighted by molar-refractivity contribution is -0.118. The van der Waals surface area contributed by atoms with E-state index in [9.17, 15) is 13.2 Å². The highest BCUT2D eigenvalue weighted by molar-refractivity contribution is 7.92. The lowest BCUT2D eigenvalue weighted by Crippen LogP contribution is -2.37. The molecule has 0 aliphatic rings. The minimum absolute atomic E-state index is 0.0985. The first-order chi connectivity index (χ1) is 12.3. The average Bonchev–Trinajstić information content (AvgIpc) is 2.58. The van der Waals surface area contributed by atoms with Crippen molar-refractivity contribution >= 4 is 27.3 Å². The van der Waals surface area contributed by atoms with Crippen molar-refractivity contribution in [1.82, 2.24) is 0 Å². The van der Waals surface area contributed by atoms with Crippen LogP contribution in [0.5, 0.6) is 0 Å². The molecule has 0 aromatic heterocycles. The quantitative estimate of drug-likeness (QED) is 0.745. The molecule has 0 aliphatic carbocycles. The van der Waals surface area contributed by atoms with Crippen molar-refractivity contribution in [1.29, 1.82) is 0 Å². The number of rotatable bonds is 7. The van der Waals surface area contributed by atoms with Crippen molar-refractivity contribution in [3.63, 3.8) is 0 Å². The van der Waals surface area contributed by atoms with E-state index in [0.29, 0.717) is 12.2 Å². The highest BCUT2D eigenvalue weighted by Gasteiger charge is 2.23. The fraction of sp³-hybridized carbons (Fsp3) is 0.350. The second-order valence-electron chi connectivity index (χ2n) is 6.30. The van der Waals surface area contributed by atoms with E-state index in [4.69, 9.17) is 0 Å². The zero-order valence-corrected chi connectivity index (χ0v) is 16.6. The summed E-state index contributed by atoms with van der Waals surface area (Å²) in [6.07, 6.45) is 1.29. The molecular weight excluding hydrogens is 348 g/mol. The van der Waals surface area contributed by atoms with Crippen LogP contribution in [-0.4, -0.2) is 33.7 Å². The smallest absolute Gasteiger partial charge is 0.232 e. The van der Waals surface area contributed by atoms with Crippen molar-refractivity contribution < 1.29 is 13.2 Å². The van der Waals surface area contributed by atoms with Gasteiger partial charge in [0, 0.05) is 25.2 Å². The molecule has 2 aromatic carbocycles. The van der Waals surface area contributed by atoms with Gasteiger partial charge in [0.1, 0.15) is 0 Å². The van der Waals surface area contributed by atoms with Crippen LogP contribution in [0.25, 0.3) is 0 Å². The topological polar surface area (TPSA) is 57.7 Å². The van der Waals surface area contributed by atoms with Crippen LogP contribution in [0.4, 0.5) is 11.4 Å². The molecule has 140 valence electrons. The van der Waals surface area contributed by atoms with E-state index in [1.807, 2.05) is 69.3 Å². The summed E-state index contributed by atoms with van der Waals surface area (Å²) in [4.78, 5) is 14.4. The first-order valence-corrected chi connectivity index (χ1v) is 10.5. The zero-order chi connectivity index (χ0) is 19.3. The van der Waals surface area contributed by atoms with Crippen LogP contribution in [0, 0.1) is 13.8 Å². The molecule has 0 saturated heterocycles. The molecule has 2 aromatic rings. The van der Waals surface area contributed by atoms with Crippen LogP contribution in [0.15, 0.2) is 48.5 Å². The minimum Gasteiger partial charge on any atom is -0.313 e. The van der Waals surface area contributed by atoms with Gasteiger partial charge in [-0.1, -0.05) is 36.4 Å². The van der Waals surface area contributed by atoms with E-state index in [2.05, 4.69) is 0 Å². The summed E-state index contributed by atoms with van der Waals surface area (Å²) in [5.74, 6) is -0.0985. The highest BCUT2D eigenvalue weighted by Crippen LogP contribution is 2.27. The van der Waals surface area contributed by atoms with Gasteiger partial charge in [0.2, 0.25) is 15.9 Å². The minimum atomic E-state index is -3.49. The monoisotopic (exact) mass is 374 g/mol. The molecule has 0 atom stereocenters. The lowest BCUT2D eigenvalue weighted by Gasteiger charge is -2.27. The predicted molar refractivity (Wildman–Crippen MR) is 107 cm³/mol. The maximum atomic E-state index is 12.7. The van der Waals surface area contributed by atoms with Crippen LogP contribution < -0.4 is 9.21 Å². The summed E-state index contributed by atoms with van der Waals surface area (Å²) in [7, 11) is -3.49. The molecule has 0 bridgehead atoms. The maximum absolute atomic E-state index is 12.7. The highest BCUT2D eigenvalue weighted by atomic mass is 32.2. The number of carbonyl (C=O) groups is 1. The predicted octanol–water partition coefficient (Wildman–Crippen LogP) is 3.51. The van der Waals surface area contributed by atoms with Crippen LogP contribution in [0.3, 0.4) is 0 Å². The van der Waals surface area contributed by atoms with E-state index in [-0.39, 0.29) is 18.9 Å². The van der Waals surface area contributed by atoms with Gasteiger partial charge in [-0.15, -0.1) is 0 Å². The molecule has 0 unspecified atom stereocenters. The van der Waals surface area contributed by atoms with Crippen molar-refractivity contribution in [2.24, 2.45) is 0 Å². The molecule has 0 fully saturated rings. The Morgan fingerprint density at radius 3 is 2.04 bits per heavy atom. The fourth-order valence-corrected chi connectivity index (χ4v) is 4.13. The van der Waals surface area contributed by atoms with Crippen molar-refractivity contribution in [3.05, 3.63) is 59.7 Å². The van der Waals surface area contributed by atoms with E-state index >= 15 is 0 Å². The number of amides is 1. The van der Waals surface area contributed by atoms with Crippen LogP contribution in [0.1, 0.15) is 24.5 Å². The zero-order valence-electron chi connectivity index (χ0n) is 15.8. The second kappa shape index (κ2) is 8.36. The molecule has 0 spiro atoms. The summed E-state index contributed by atoms with van der Waals surface area (Å²) < 4.78 is 26.1. The fourth-order valence-electron chi connectivity index (χ4n) is 3.09. The summed E-state index contributed by atoms with van der Waals surface area (Å²) in [5, 5.41) is 0. The second-order valence-corrected chi connectivity index (χ2v) is 8.21. The molecule has 26 heavy (non-hydrogen) atoms. The number of hydrogen-bond donors (Lipinski definition) is 0. The number of sulfonamides is 1. The normalized spacial score (nSPS) is 11.2. The van der Waals surface area contributed by atoms with E-state index in [1.54, 1.807) is 4.90 Å². The van der Waals surface area contributed by atoms with Crippen molar-refractivity contribution in [2.45, 2.75) is 27.2 Å². The van der Waals surface area contributed by atoms with Gasteiger partial charge in [-0.25, -0.2) is 8.42 Å². The Morgan fingerprint density at radius 1 is 0.962 bits per heavy atom. The Hall–Kier alpha value is -2.34. The molecule has 0 heterocycles. The maximum Gasteiger partial charge on any atom is 0.232 e. The van der Waals surface area contributed by atoms with Gasteiger partial charge in [0.05, 0.1) is 11.9 Å². The summed E-state index contributed by atoms with van der Waals surface area (Å²) in [6, 6.07) is 15.1. The average molecular weight is 375 g/mol. The Kier molecular flexibility index (Phi) is 6.42. The van der Waals surface area contributed by atoms with Gasteiger partial charge < -0.3 is 4.90 Å². The van der Waals surface area contributed by atoms with Gasteiger partial charge in [0.25, 0.3) is 0 Å².